The topological polar surface area (TPSA) is 742 Å². The summed E-state index contributed by atoms with van der Waals surface area (Å²) in [5, 5.41) is 90.8. The Labute approximate surface area is 715 Å². The highest BCUT2D eigenvalue weighted by Crippen LogP contribution is 2.26. The molecular weight excluding hydrogens is 1650 g/mol. The summed E-state index contributed by atoms with van der Waals surface area (Å²) in [6.45, 7) is 3.67. The van der Waals surface area contributed by atoms with Crippen LogP contribution in [0.25, 0.3) is 10.9 Å². The van der Waals surface area contributed by atoms with Crippen molar-refractivity contribution in [1.82, 2.24) is 79.4 Å². The minimum Gasteiger partial charge on any atom is -0.481 e. The normalized spacial score (nSPS) is 20.5. The van der Waals surface area contributed by atoms with E-state index in [0.29, 0.717) is 29.3 Å². The number of carboxylic acid groups (broad SMARTS) is 5. The predicted octanol–water partition coefficient (Wildman–Crippen LogP) is -4.57. The maximum atomic E-state index is 15.0. The summed E-state index contributed by atoms with van der Waals surface area (Å²) in [5.74, 6) is -32.5. The van der Waals surface area contributed by atoms with Crippen molar-refractivity contribution in [2.45, 2.75) is 236 Å². The molecule has 0 spiro atoms. The second-order valence-corrected chi connectivity index (χ2v) is 30.7. The number of rotatable bonds is 40. The van der Waals surface area contributed by atoms with Gasteiger partial charge < -0.3 is 126 Å². The zero-order valence-corrected chi connectivity index (χ0v) is 69.7. The molecular formula is C79H111N17O29. The number of para-hydroxylation sites is 2. The highest BCUT2D eigenvalue weighted by atomic mass is 16.5. The van der Waals surface area contributed by atoms with E-state index in [-0.39, 0.29) is 43.5 Å². The molecule has 13 unspecified atom stereocenters. The second kappa shape index (κ2) is 51.3. The number of carbonyl (C=O) groups excluding carboxylic acids is 17. The van der Waals surface area contributed by atoms with Gasteiger partial charge in [-0.25, -0.2) is 4.79 Å². The Morgan fingerprint density at radius 1 is 0.536 bits per heavy atom. The number of benzene rings is 2. The van der Waals surface area contributed by atoms with E-state index < -0.39 is 285 Å². The lowest BCUT2D eigenvalue weighted by molar-refractivity contribution is -0.156. The number of carboxylic acids is 5. The number of hydrogen-bond acceptors (Lipinski definition) is 25. The van der Waals surface area contributed by atoms with Crippen LogP contribution in [0.5, 0.6) is 0 Å². The van der Waals surface area contributed by atoms with Crippen molar-refractivity contribution >= 4 is 147 Å². The number of hydrogen-bond donors (Lipinski definition) is 23. The van der Waals surface area contributed by atoms with Crippen molar-refractivity contribution < 1.29 is 141 Å². The van der Waals surface area contributed by atoms with Crippen LogP contribution in [0.1, 0.15) is 173 Å². The van der Waals surface area contributed by atoms with Crippen molar-refractivity contribution in [3.8, 4) is 0 Å². The molecule has 46 nitrogen and oxygen atoms in total. The number of ketones is 1. The number of aliphatic hydroxyl groups excluding tert-OH is 1. The number of H-pyrrole nitrogens is 1. The molecule has 0 bridgehead atoms. The van der Waals surface area contributed by atoms with Crippen molar-refractivity contribution in [2.75, 3.05) is 32.0 Å². The smallest absolute Gasteiger partial charge is 0.329 e. The molecule has 25 N–H and O–H groups in total. The molecule has 1 fully saturated rings. The average Bonchev–Trinajstić information content (AvgIpc) is 1.72. The molecule has 1 aliphatic rings. The van der Waals surface area contributed by atoms with Crippen molar-refractivity contribution in [2.24, 2.45) is 17.1 Å². The Balaban J connectivity index is 1.93. The summed E-state index contributed by atoms with van der Waals surface area (Å²) in [6, 6.07) is -11.3. The van der Waals surface area contributed by atoms with Crippen LogP contribution in [0.2, 0.25) is 0 Å². The molecule has 0 radical (unpaired) electrons. The van der Waals surface area contributed by atoms with Gasteiger partial charge >= 0.3 is 35.8 Å². The first-order valence-electron chi connectivity index (χ1n) is 40.1. The maximum absolute atomic E-state index is 15.0. The van der Waals surface area contributed by atoms with E-state index in [1.165, 1.54) is 38.1 Å². The zero-order chi connectivity index (χ0) is 93.5. The number of anilines is 1. The van der Waals surface area contributed by atoms with Crippen molar-refractivity contribution in [3.63, 3.8) is 0 Å². The van der Waals surface area contributed by atoms with Crippen LogP contribution in [-0.4, -0.2) is 265 Å². The third kappa shape index (κ3) is 36.9. The number of aromatic nitrogens is 1. The summed E-state index contributed by atoms with van der Waals surface area (Å²) in [4.78, 5) is 303. The van der Waals surface area contributed by atoms with Crippen LogP contribution in [0.15, 0.2) is 54.7 Å². The Hall–Kier alpha value is -13.7. The predicted molar refractivity (Wildman–Crippen MR) is 435 cm³/mol. The van der Waals surface area contributed by atoms with Gasteiger partial charge in [0.25, 0.3) is 0 Å². The van der Waals surface area contributed by atoms with Gasteiger partial charge in [-0.1, -0.05) is 96.6 Å². The number of nitrogens with one attached hydrogen (secondary N) is 15. The van der Waals surface area contributed by atoms with Crippen LogP contribution in [0.3, 0.4) is 0 Å². The molecule has 4 rings (SSSR count). The zero-order valence-electron chi connectivity index (χ0n) is 69.7. The number of esters is 1. The fourth-order valence-corrected chi connectivity index (χ4v) is 12.9. The van der Waals surface area contributed by atoms with Crippen LogP contribution in [0.4, 0.5) is 5.69 Å². The first-order chi connectivity index (χ1) is 58.8. The fraction of sp³-hybridized carbons (Fsp3) is 0.544. The number of aliphatic hydroxyl groups is 1. The van der Waals surface area contributed by atoms with Gasteiger partial charge in [-0.05, 0) is 68.2 Å². The number of nitrogens with two attached hydrogens (primary N) is 2. The second-order valence-electron chi connectivity index (χ2n) is 30.7. The van der Waals surface area contributed by atoms with Gasteiger partial charge in [0.15, 0.2) is 5.78 Å². The Kier molecular flexibility index (Phi) is 42.5. The molecule has 2 aromatic carbocycles. The lowest BCUT2D eigenvalue weighted by Crippen LogP contribution is -2.62. The molecule has 3 aromatic rings. The molecule has 15 amide bonds. The first kappa shape index (κ1) is 104. The number of Topliss-reactive ketones (excluding diaryl/α,β-unsaturated/α-hetero) is 1. The number of amides is 15. The lowest BCUT2D eigenvalue weighted by Gasteiger charge is -2.30. The minimum absolute atomic E-state index is 0.0380. The molecule has 686 valence electrons. The number of nitrogen functional groups attached to an aromatic ring is 1. The highest BCUT2D eigenvalue weighted by Gasteiger charge is 2.42. The van der Waals surface area contributed by atoms with E-state index in [1.54, 1.807) is 30.5 Å². The van der Waals surface area contributed by atoms with Gasteiger partial charge in [0.05, 0.1) is 58.2 Å². The SMILES string of the molecule is CCCCCCCCCC(=O)NC(Cc1c[nH]c2ccccc12)C(=O)NC(CC(N)=O)C(=O)NC(CC(=O)O)C(=O)NC1C(=O)NCC(=O)NC(CCCNC(=O)CC(C)(C)CC(=O)O)C(=O)NC(CC(=O)O)C(=O)NC(C)C(=O)NC(CC(=O)O)C(=O)NCC(=O)NC(CO)C(=O)NC(C(C)CC(=O)O)C(=O)NC(CC(=O)c2ccccc2N)C(=O)OC1C. The molecule has 1 aromatic heterocycles. The number of cyclic esters (lactones) is 1. The average molecular weight is 1760 g/mol. The monoisotopic (exact) mass is 1760 g/mol. The lowest BCUT2D eigenvalue weighted by atomic mass is 9.85. The molecule has 0 aliphatic carbocycles. The fourth-order valence-electron chi connectivity index (χ4n) is 12.9. The number of carbonyl (C=O) groups is 22. The third-order valence-corrected chi connectivity index (χ3v) is 19.4. The summed E-state index contributed by atoms with van der Waals surface area (Å²) < 4.78 is 5.71. The van der Waals surface area contributed by atoms with Crippen molar-refractivity contribution in [3.05, 3.63) is 65.9 Å². The Bertz CT molecular complexity index is 4440. The summed E-state index contributed by atoms with van der Waals surface area (Å²) in [7, 11) is 0. The first-order valence-corrected chi connectivity index (χ1v) is 40.1. The Morgan fingerprint density at radius 2 is 1.08 bits per heavy atom. The molecule has 13 atom stereocenters. The molecule has 1 saturated heterocycles. The number of fused-ring (bicyclic) bond motifs is 1. The van der Waals surface area contributed by atoms with Gasteiger partial charge in [-0.2, -0.15) is 0 Å². The van der Waals surface area contributed by atoms with E-state index in [4.69, 9.17) is 16.2 Å². The molecule has 125 heavy (non-hydrogen) atoms. The van der Waals surface area contributed by atoms with Crippen molar-refractivity contribution in [1.29, 1.82) is 0 Å². The van der Waals surface area contributed by atoms with Crippen LogP contribution in [-0.2, 0) is 112 Å². The van der Waals surface area contributed by atoms with Gasteiger partial charge in [0.2, 0.25) is 88.6 Å². The summed E-state index contributed by atoms with van der Waals surface area (Å²) in [5.41, 5.74) is 11.2. The molecule has 2 heterocycles. The van der Waals surface area contributed by atoms with Gasteiger partial charge in [-0.3, -0.25) is 101 Å². The summed E-state index contributed by atoms with van der Waals surface area (Å²) >= 11 is 0. The highest BCUT2D eigenvalue weighted by molar-refractivity contribution is 6.05. The van der Waals surface area contributed by atoms with E-state index in [9.17, 15) is 136 Å². The summed E-state index contributed by atoms with van der Waals surface area (Å²) in [6.07, 6.45) is -3.97. The Morgan fingerprint density at radius 3 is 1.68 bits per heavy atom. The maximum Gasteiger partial charge on any atom is 0.329 e. The van der Waals surface area contributed by atoms with Crippen LogP contribution >= 0.6 is 0 Å². The van der Waals surface area contributed by atoms with Gasteiger partial charge in [0, 0.05) is 60.6 Å². The third-order valence-electron chi connectivity index (χ3n) is 19.4. The van der Waals surface area contributed by atoms with E-state index in [0.717, 1.165) is 52.9 Å². The van der Waals surface area contributed by atoms with Gasteiger partial charge in [-0.15, -0.1) is 0 Å². The standard InChI is InChI=1S/C79H111N17O29/c1-7-8-9-10-11-12-13-24-57(100)88-48(27-42-35-83-46-22-17-15-19-43(42)46)72(118)91-49(29-56(81)99)73(119)93-52(32-64(110)111)74(120)96-67-41(4)125-78(124)53(28-55(98)44-20-14-16-21-45(44)80)94-77(123)66(39(2)26-61(104)105)95-75(121)54(38-97)89-60(103)36-84-69(115)50(30-62(106)107)90-68(114)40(3)86-71(117)51(31-63(108)109)92-70(116)47(87-59(102)37-85-76(67)122)23-18-25-82-58(101)33-79(5,6)34-65(112)113/h14-17,19-22,35,39-41,47-54,66-67,83,97H,7-13,18,23-34,36-38,80H2,1-6H3,(H2,81,99)(H,82,101)(H,84,115)(H,85,122)(H,86,117)(H,87,102)(H,88,100)(H,89,103)(H,90,114)(H,91,118)(H,92,116)(H,93,119)(H,94,123)(H,95,121)(H,96,120)(H,104,105)(H,106,107)(H,108,109)(H,110,111)(H,112,113). The number of unbranched alkanes of at least 4 members (excludes halogenated alkanes) is 6. The molecule has 1 aliphatic heterocycles. The van der Waals surface area contributed by atoms with Crippen LogP contribution in [0, 0.1) is 11.3 Å². The number of aliphatic carboxylic acids is 5. The van der Waals surface area contributed by atoms with Gasteiger partial charge in [0.1, 0.15) is 72.6 Å². The number of ether oxygens (including phenoxy) is 1. The number of aromatic amines is 1. The quantitative estimate of drug-likeness (QED) is 0.0110. The molecule has 46 heteroatoms. The van der Waals surface area contributed by atoms with E-state index >= 15 is 0 Å². The number of primary amides is 1. The molecule has 0 saturated carbocycles. The largest absolute Gasteiger partial charge is 0.481 e. The van der Waals surface area contributed by atoms with Crippen LogP contribution < -0.4 is 85.9 Å². The minimum atomic E-state index is -2.52. The van der Waals surface area contributed by atoms with E-state index in [2.05, 4.69) is 70.4 Å². The van der Waals surface area contributed by atoms with E-state index in [1.807, 2.05) is 16.0 Å².